The van der Waals surface area contributed by atoms with E-state index in [0.29, 0.717) is 18.4 Å². The molecule has 0 heterocycles. The van der Waals surface area contributed by atoms with E-state index in [2.05, 4.69) is 47.6 Å². The van der Waals surface area contributed by atoms with Crippen molar-refractivity contribution < 1.29 is 9.53 Å². The van der Waals surface area contributed by atoms with Gasteiger partial charge in [-0.05, 0) is 0 Å². The molecule has 0 aliphatic rings. The van der Waals surface area contributed by atoms with Crippen molar-refractivity contribution in [1.29, 1.82) is 0 Å². The second-order valence-electron chi connectivity index (χ2n) is 8.62. The monoisotopic (exact) mass is 488 g/mol. The van der Waals surface area contributed by atoms with Gasteiger partial charge in [0.15, 0.2) is 0 Å². The molecule has 0 aliphatic heterocycles. The van der Waals surface area contributed by atoms with E-state index in [-0.39, 0.29) is 5.97 Å². The molecule has 0 N–H and O–H groups in total. The maximum absolute atomic E-state index is 13.1. The van der Waals surface area contributed by atoms with E-state index in [9.17, 15) is 4.79 Å². The van der Waals surface area contributed by atoms with Gasteiger partial charge in [-0.15, -0.1) is 0 Å². The minimum absolute atomic E-state index is 0.0348. The summed E-state index contributed by atoms with van der Waals surface area (Å²) in [5.41, 5.74) is 0. The average molecular weight is 487 g/mol. The Labute approximate surface area is 174 Å². The number of esters is 1. The zero-order valence-corrected chi connectivity index (χ0v) is 22.4. The van der Waals surface area contributed by atoms with Crippen molar-refractivity contribution in [3.05, 3.63) is 9.67 Å². The number of ether oxygens (including phenoxy) is 1. The summed E-state index contributed by atoms with van der Waals surface area (Å²) in [5.74, 6) is 1.22. The number of hydrogen-bond donors (Lipinski definition) is 0. The van der Waals surface area contributed by atoms with Crippen LogP contribution in [0.2, 0.25) is 13.3 Å². The van der Waals surface area contributed by atoms with E-state index in [1.165, 1.54) is 68.3 Å². The number of rotatable bonds is 16. The topological polar surface area (TPSA) is 26.3 Å². The number of carbonyl (C=O) groups is 1. The third-order valence-corrected chi connectivity index (χ3v) is 21.6. The van der Waals surface area contributed by atoms with Gasteiger partial charge in [-0.2, -0.15) is 0 Å². The fourth-order valence-electron chi connectivity index (χ4n) is 4.15. The number of hydrogen-bond acceptors (Lipinski definition) is 2. The molecular weight excluding hydrogens is 439 g/mol. The fourth-order valence-corrected chi connectivity index (χ4v) is 20.7. The van der Waals surface area contributed by atoms with Crippen LogP contribution in [0.5, 0.6) is 0 Å². The van der Waals surface area contributed by atoms with E-state index in [4.69, 9.17) is 4.74 Å². The molecule has 0 unspecified atom stereocenters. The summed E-state index contributed by atoms with van der Waals surface area (Å²) in [7, 11) is 0. The summed E-state index contributed by atoms with van der Waals surface area (Å²) in [6, 6.07) is 0. The Hall–Kier alpha value is 0.00870. The molecular formula is C24H48O2Sn. The van der Waals surface area contributed by atoms with Crippen LogP contribution in [0.1, 0.15) is 99.8 Å². The Morgan fingerprint density at radius 1 is 0.889 bits per heavy atom. The van der Waals surface area contributed by atoms with Gasteiger partial charge in [-0.1, -0.05) is 0 Å². The van der Waals surface area contributed by atoms with Crippen LogP contribution >= 0.6 is 0 Å². The van der Waals surface area contributed by atoms with Gasteiger partial charge in [0.2, 0.25) is 0 Å². The quantitative estimate of drug-likeness (QED) is 0.126. The second kappa shape index (κ2) is 15.9. The van der Waals surface area contributed by atoms with E-state index in [0.717, 1.165) is 0 Å². The molecule has 2 atom stereocenters. The van der Waals surface area contributed by atoms with Crippen molar-refractivity contribution in [2.24, 2.45) is 11.8 Å². The fraction of sp³-hybridized carbons (Fsp3) is 0.875. The molecule has 0 spiro atoms. The van der Waals surface area contributed by atoms with Gasteiger partial charge in [-0.25, -0.2) is 0 Å². The van der Waals surface area contributed by atoms with Crippen LogP contribution in [0.4, 0.5) is 0 Å². The van der Waals surface area contributed by atoms with Crippen molar-refractivity contribution in [2.45, 2.75) is 113 Å². The summed E-state index contributed by atoms with van der Waals surface area (Å²) >= 11 is -2.76. The molecule has 0 saturated carbocycles. The van der Waals surface area contributed by atoms with Crippen LogP contribution in [0.15, 0.2) is 9.67 Å². The Kier molecular flexibility index (Phi) is 15.9. The van der Waals surface area contributed by atoms with Crippen LogP contribution < -0.4 is 0 Å². The van der Waals surface area contributed by atoms with E-state index in [1.807, 2.05) is 6.92 Å². The normalized spacial score (nSPS) is 14.9. The van der Waals surface area contributed by atoms with Crippen molar-refractivity contribution in [3.63, 3.8) is 0 Å². The summed E-state index contributed by atoms with van der Waals surface area (Å²) in [6.45, 7) is 16.2. The molecule has 0 amide bonds. The molecule has 160 valence electrons. The predicted molar refractivity (Wildman–Crippen MR) is 123 cm³/mol. The zero-order chi connectivity index (χ0) is 20.7. The Bertz CT molecular complexity index is 395. The van der Waals surface area contributed by atoms with Crippen LogP contribution in [0.3, 0.4) is 0 Å². The average Bonchev–Trinajstić information content (AvgIpc) is 2.66. The molecule has 0 aromatic heterocycles. The van der Waals surface area contributed by atoms with E-state index < -0.39 is 18.4 Å². The molecule has 0 aliphatic carbocycles. The van der Waals surface area contributed by atoms with Crippen molar-refractivity contribution in [1.82, 2.24) is 0 Å². The van der Waals surface area contributed by atoms with E-state index >= 15 is 0 Å². The maximum atomic E-state index is 13.1. The van der Waals surface area contributed by atoms with Crippen molar-refractivity contribution in [2.75, 3.05) is 6.61 Å². The standard InChI is InChI=1S/C12H21O2.3C4H9.Sn/c1-5-10(3)9-11(4)7-8-12(13)14-6-2;3*1-3-4-2;/h7,10-11H,5-6,9H2,1-4H3;3*1,3-4H2,2H3;/t10-,11+;;;;/m0..../s1. The molecule has 0 fully saturated rings. The molecule has 27 heavy (non-hydrogen) atoms. The van der Waals surface area contributed by atoms with Gasteiger partial charge in [0.05, 0.1) is 0 Å². The summed E-state index contributed by atoms with van der Waals surface area (Å²) in [6.07, 6.45) is 12.3. The second-order valence-corrected chi connectivity index (χ2v) is 21.7. The minimum atomic E-state index is -2.76. The molecule has 0 radical (unpaired) electrons. The molecule has 0 aromatic rings. The van der Waals surface area contributed by atoms with Gasteiger partial charge >= 0.3 is 175 Å². The first-order valence-corrected chi connectivity index (χ1v) is 19.3. The van der Waals surface area contributed by atoms with Crippen molar-refractivity contribution >= 4 is 24.3 Å². The van der Waals surface area contributed by atoms with Gasteiger partial charge in [-0.3, -0.25) is 0 Å². The van der Waals surface area contributed by atoms with Crippen LogP contribution in [-0.4, -0.2) is 31.0 Å². The molecule has 0 rings (SSSR count). The summed E-state index contributed by atoms with van der Waals surface area (Å²) < 4.78 is 10.8. The van der Waals surface area contributed by atoms with Gasteiger partial charge in [0.1, 0.15) is 0 Å². The van der Waals surface area contributed by atoms with Gasteiger partial charge in [0.25, 0.3) is 0 Å². The van der Waals surface area contributed by atoms with Crippen LogP contribution in [0, 0.1) is 11.8 Å². The molecule has 3 heteroatoms. The number of unbranched alkanes of at least 4 members (excludes halogenated alkanes) is 3. The molecule has 2 nitrogen and oxygen atoms in total. The first-order valence-electron chi connectivity index (χ1n) is 11.8. The predicted octanol–water partition coefficient (Wildman–Crippen LogP) is 7.94. The summed E-state index contributed by atoms with van der Waals surface area (Å²) in [4.78, 5) is 13.1. The zero-order valence-electron chi connectivity index (χ0n) is 19.5. The molecule has 0 aromatic carbocycles. The Morgan fingerprint density at radius 2 is 1.37 bits per heavy atom. The van der Waals surface area contributed by atoms with E-state index in [1.54, 1.807) is 0 Å². The van der Waals surface area contributed by atoms with Crippen molar-refractivity contribution in [3.8, 4) is 0 Å². The van der Waals surface area contributed by atoms with Crippen LogP contribution in [0.25, 0.3) is 0 Å². The number of carbonyl (C=O) groups excluding carboxylic acids is 1. The van der Waals surface area contributed by atoms with Gasteiger partial charge < -0.3 is 0 Å². The summed E-state index contributed by atoms with van der Waals surface area (Å²) in [5, 5.41) is 0. The first-order chi connectivity index (χ1) is 12.9. The Balaban J connectivity index is 5.97. The first kappa shape index (κ1) is 27.0. The number of allylic oxidation sites excluding steroid dienone is 1. The molecule has 0 saturated heterocycles. The third-order valence-electron chi connectivity index (χ3n) is 6.02. The van der Waals surface area contributed by atoms with Crippen LogP contribution in [-0.2, 0) is 9.53 Å². The third kappa shape index (κ3) is 10.4. The molecule has 0 bridgehead atoms. The SMILES string of the molecule is CCC[CH2][Sn]([CH2]CCC)([CH2]CCC)/[C](=C/[C@@H](C)C[C@@H](C)CC)C(=O)OCC. The van der Waals surface area contributed by atoms with Gasteiger partial charge in [0, 0.05) is 0 Å². The Morgan fingerprint density at radius 3 is 1.74 bits per heavy atom.